The van der Waals surface area contributed by atoms with Gasteiger partial charge in [-0.15, -0.1) is 0 Å². The van der Waals surface area contributed by atoms with Crippen molar-refractivity contribution in [1.82, 2.24) is 9.80 Å². The van der Waals surface area contributed by atoms with Crippen LogP contribution in [0.4, 0.5) is 0 Å². The average Bonchev–Trinajstić information content (AvgIpc) is 3.08. The highest BCUT2D eigenvalue weighted by Crippen LogP contribution is 2.41. The summed E-state index contributed by atoms with van der Waals surface area (Å²) in [5, 5.41) is 0.481. The third kappa shape index (κ3) is 4.40. The van der Waals surface area contributed by atoms with Crippen molar-refractivity contribution in [2.75, 3.05) is 40.9 Å². The number of aryl methyl sites for hydroxylation is 1. The van der Waals surface area contributed by atoms with E-state index in [0.29, 0.717) is 53.6 Å². The normalized spacial score (nSPS) is 15.5. The number of hydrogen-bond acceptors (Lipinski definition) is 6. The van der Waals surface area contributed by atoms with Crippen LogP contribution in [0.5, 0.6) is 11.5 Å². The van der Waals surface area contributed by atoms with Crippen molar-refractivity contribution in [3.8, 4) is 11.5 Å². The fourth-order valence-electron chi connectivity index (χ4n) is 4.25. The molecule has 1 unspecified atom stereocenters. The fraction of sp³-hybridized carbons (Fsp3) is 0.407. The van der Waals surface area contributed by atoms with Crippen molar-refractivity contribution in [3.63, 3.8) is 0 Å². The average molecular weight is 465 g/mol. The molecule has 2 aromatic carbocycles. The van der Waals surface area contributed by atoms with Crippen LogP contribution in [0.1, 0.15) is 47.1 Å². The van der Waals surface area contributed by atoms with Gasteiger partial charge in [-0.05, 0) is 56.8 Å². The van der Waals surface area contributed by atoms with Crippen LogP contribution >= 0.6 is 0 Å². The van der Waals surface area contributed by atoms with Gasteiger partial charge >= 0.3 is 0 Å². The van der Waals surface area contributed by atoms with Gasteiger partial charge in [-0.3, -0.25) is 9.59 Å². The zero-order valence-electron chi connectivity index (χ0n) is 20.7. The smallest absolute Gasteiger partial charge is 0.290 e. The number of ether oxygens (including phenoxy) is 2. The van der Waals surface area contributed by atoms with Gasteiger partial charge in [0.15, 0.2) is 16.9 Å². The standard InChI is InChI=1S/C27H32N2O5/c1-16(2)15-33-21-10-8-18(14-22(21)32-6)24-23-25(30)19-13-17(3)7-9-20(19)34-26(23)27(31)29(24)12-11-28(4)5/h7-10,13-14,16,24H,11-12,15H2,1-6H3. The lowest BCUT2D eigenvalue weighted by molar-refractivity contribution is 0.0716. The Balaban J connectivity index is 1.87. The lowest BCUT2D eigenvalue weighted by Gasteiger charge is -2.27. The van der Waals surface area contributed by atoms with E-state index >= 15 is 0 Å². The Bertz CT molecular complexity index is 1280. The molecule has 180 valence electrons. The number of rotatable bonds is 8. The van der Waals surface area contributed by atoms with Gasteiger partial charge in [0.05, 0.1) is 30.7 Å². The van der Waals surface area contributed by atoms with Crippen molar-refractivity contribution in [2.24, 2.45) is 5.92 Å². The van der Waals surface area contributed by atoms with Gasteiger partial charge in [0, 0.05) is 13.1 Å². The van der Waals surface area contributed by atoms with Crippen molar-refractivity contribution in [3.05, 3.63) is 69.1 Å². The summed E-state index contributed by atoms with van der Waals surface area (Å²) < 4.78 is 17.5. The maximum Gasteiger partial charge on any atom is 0.290 e. The second-order valence-electron chi connectivity index (χ2n) is 9.49. The Kier molecular flexibility index (Phi) is 6.66. The number of carbonyl (C=O) groups is 1. The number of benzene rings is 2. The molecule has 1 aromatic heterocycles. The minimum absolute atomic E-state index is 0.115. The summed E-state index contributed by atoms with van der Waals surface area (Å²) in [6.45, 7) is 7.74. The Morgan fingerprint density at radius 2 is 1.85 bits per heavy atom. The third-order valence-corrected chi connectivity index (χ3v) is 5.98. The van der Waals surface area contributed by atoms with E-state index in [-0.39, 0.29) is 17.1 Å². The van der Waals surface area contributed by atoms with E-state index in [1.807, 2.05) is 56.3 Å². The highest BCUT2D eigenvalue weighted by Gasteiger charge is 2.42. The molecule has 2 heterocycles. The zero-order chi connectivity index (χ0) is 24.6. The summed E-state index contributed by atoms with van der Waals surface area (Å²) >= 11 is 0. The summed E-state index contributed by atoms with van der Waals surface area (Å²) in [5.41, 5.74) is 2.35. The largest absolute Gasteiger partial charge is 0.493 e. The molecule has 0 spiro atoms. The summed E-state index contributed by atoms with van der Waals surface area (Å²) in [6.07, 6.45) is 0. The van der Waals surface area contributed by atoms with Gasteiger partial charge < -0.3 is 23.7 Å². The molecule has 0 aliphatic carbocycles. The molecule has 1 aliphatic heterocycles. The molecule has 0 N–H and O–H groups in total. The number of likely N-dealkylation sites (N-methyl/N-ethyl adjacent to an activating group) is 1. The Morgan fingerprint density at radius 1 is 1.09 bits per heavy atom. The van der Waals surface area contributed by atoms with E-state index in [1.54, 1.807) is 18.1 Å². The second kappa shape index (κ2) is 9.50. The highest BCUT2D eigenvalue weighted by atomic mass is 16.5. The number of methoxy groups -OCH3 is 1. The number of amides is 1. The van der Waals surface area contributed by atoms with Gasteiger partial charge in [-0.1, -0.05) is 31.5 Å². The summed E-state index contributed by atoms with van der Waals surface area (Å²) in [4.78, 5) is 30.9. The Hall–Kier alpha value is -3.32. The summed E-state index contributed by atoms with van der Waals surface area (Å²) in [6, 6.07) is 10.5. The van der Waals surface area contributed by atoms with Gasteiger partial charge in [-0.25, -0.2) is 0 Å². The highest BCUT2D eigenvalue weighted by molar-refractivity contribution is 5.99. The molecule has 0 radical (unpaired) electrons. The van der Waals surface area contributed by atoms with Crippen LogP contribution in [0.2, 0.25) is 0 Å². The van der Waals surface area contributed by atoms with Crippen LogP contribution in [0, 0.1) is 12.8 Å². The number of hydrogen-bond donors (Lipinski definition) is 0. The fourth-order valence-corrected chi connectivity index (χ4v) is 4.25. The lowest BCUT2D eigenvalue weighted by atomic mass is 9.97. The zero-order valence-corrected chi connectivity index (χ0v) is 20.7. The molecule has 4 rings (SSSR count). The lowest BCUT2D eigenvalue weighted by Crippen LogP contribution is -2.35. The molecule has 34 heavy (non-hydrogen) atoms. The predicted molar refractivity (Wildman–Crippen MR) is 132 cm³/mol. The topological polar surface area (TPSA) is 72.2 Å². The van der Waals surface area contributed by atoms with Crippen molar-refractivity contribution < 1.29 is 18.7 Å². The first-order valence-electron chi connectivity index (χ1n) is 11.5. The van der Waals surface area contributed by atoms with Gasteiger partial charge in [0.1, 0.15) is 5.58 Å². The Labute approximate surface area is 199 Å². The van der Waals surface area contributed by atoms with Crippen molar-refractivity contribution in [1.29, 1.82) is 0 Å². The van der Waals surface area contributed by atoms with E-state index < -0.39 is 6.04 Å². The van der Waals surface area contributed by atoms with E-state index in [4.69, 9.17) is 13.9 Å². The van der Waals surface area contributed by atoms with Gasteiger partial charge in [0.2, 0.25) is 5.76 Å². The first kappa shape index (κ1) is 23.8. The quantitative estimate of drug-likeness (QED) is 0.496. The van der Waals surface area contributed by atoms with Gasteiger partial charge in [0.25, 0.3) is 5.91 Å². The third-order valence-electron chi connectivity index (χ3n) is 5.98. The molecule has 1 amide bonds. The molecule has 0 bridgehead atoms. The van der Waals surface area contributed by atoms with E-state index in [0.717, 1.165) is 11.1 Å². The van der Waals surface area contributed by atoms with Gasteiger partial charge in [-0.2, -0.15) is 0 Å². The number of nitrogens with zero attached hydrogens (tertiary/aromatic N) is 2. The van der Waals surface area contributed by atoms with Crippen LogP contribution in [0.15, 0.2) is 45.6 Å². The van der Waals surface area contributed by atoms with Crippen molar-refractivity contribution in [2.45, 2.75) is 26.8 Å². The summed E-state index contributed by atoms with van der Waals surface area (Å²) in [5.74, 6) is 1.40. The monoisotopic (exact) mass is 464 g/mol. The first-order chi connectivity index (χ1) is 16.2. The van der Waals surface area contributed by atoms with Crippen molar-refractivity contribution >= 4 is 16.9 Å². The molecule has 7 heteroatoms. The summed E-state index contributed by atoms with van der Waals surface area (Å²) in [7, 11) is 5.49. The van der Waals surface area contributed by atoms with E-state index in [2.05, 4.69) is 13.8 Å². The number of fused-ring (bicyclic) bond motifs is 2. The first-order valence-corrected chi connectivity index (χ1v) is 11.5. The SMILES string of the molecule is COc1cc(C2c3c(oc4ccc(C)cc4c3=O)C(=O)N2CCN(C)C)ccc1OCC(C)C. The molecule has 1 atom stereocenters. The molecule has 3 aromatic rings. The molecule has 1 aliphatic rings. The molecule has 0 saturated carbocycles. The van der Waals surface area contributed by atoms with E-state index in [1.165, 1.54) is 0 Å². The van der Waals surface area contributed by atoms with Crippen LogP contribution in [-0.4, -0.2) is 56.6 Å². The molecular formula is C27H32N2O5. The molecule has 0 saturated heterocycles. The molecule has 7 nitrogen and oxygen atoms in total. The number of carbonyl (C=O) groups excluding carboxylic acids is 1. The van der Waals surface area contributed by atoms with Crippen LogP contribution in [0.3, 0.4) is 0 Å². The second-order valence-corrected chi connectivity index (χ2v) is 9.49. The molecule has 0 fully saturated rings. The van der Waals surface area contributed by atoms with Crippen LogP contribution in [-0.2, 0) is 0 Å². The Morgan fingerprint density at radius 3 is 2.53 bits per heavy atom. The van der Waals surface area contributed by atoms with Crippen LogP contribution in [0.25, 0.3) is 11.0 Å². The molecular weight excluding hydrogens is 432 g/mol. The van der Waals surface area contributed by atoms with E-state index in [9.17, 15) is 9.59 Å². The predicted octanol–water partition coefficient (Wildman–Crippen LogP) is 4.25. The maximum absolute atomic E-state index is 13.7. The minimum atomic E-state index is -0.573. The maximum atomic E-state index is 13.7. The minimum Gasteiger partial charge on any atom is -0.493 e. The van der Waals surface area contributed by atoms with Crippen LogP contribution < -0.4 is 14.9 Å².